The van der Waals surface area contributed by atoms with Crippen molar-refractivity contribution in [2.75, 3.05) is 14.2 Å². The van der Waals surface area contributed by atoms with Crippen molar-refractivity contribution >= 4 is 11.9 Å². The summed E-state index contributed by atoms with van der Waals surface area (Å²) < 4.78 is 17.3. The maximum atomic E-state index is 12.8. The average Bonchev–Trinajstić information content (AvgIpc) is 3.22. The Kier molecular flexibility index (Phi) is 7.20. The maximum Gasteiger partial charge on any atom is 0.357 e. The van der Waals surface area contributed by atoms with E-state index in [0.29, 0.717) is 23.6 Å². The highest BCUT2D eigenvalue weighted by Gasteiger charge is 2.32. The molecule has 0 saturated carbocycles. The minimum atomic E-state index is -0.684. The normalized spacial score (nSPS) is 11.7. The summed E-state index contributed by atoms with van der Waals surface area (Å²) in [5.74, 6) is -1.36. The van der Waals surface area contributed by atoms with Crippen LogP contribution in [-0.4, -0.2) is 42.0 Å². The third kappa shape index (κ3) is 4.67. The van der Waals surface area contributed by atoms with Crippen LogP contribution < -0.4 is 0 Å². The molecule has 0 aliphatic heterocycles. The van der Waals surface area contributed by atoms with Crippen LogP contribution in [0.1, 0.15) is 46.7 Å². The molecule has 1 unspecified atom stereocenters. The van der Waals surface area contributed by atoms with Gasteiger partial charge < -0.3 is 14.2 Å². The number of hydrogen-bond donors (Lipinski definition) is 0. The lowest BCUT2D eigenvalue weighted by Gasteiger charge is -2.13. The van der Waals surface area contributed by atoms with E-state index >= 15 is 0 Å². The number of hydrogen-bond acceptors (Lipinski definition) is 6. The highest BCUT2D eigenvalue weighted by Crippen LogP contribution is 2.31. The van der Waals surface area contributed by atoms with Crippen LogP contribution in [0, 0.1) is 0 Å². The van der Waals surface area contributed by atoms with Crippen LogP contribution in [-0.2, 0) is 20.8 Å². The molecule has 2 aromatic carbocycles. The van der Waals surface area contributed by atoms with Gasteiger partial charge in [0.05, 0.1) is 32.6 Å². The van der Waals surface area contributed by atoms with Gasteiger partial charge in [-0.2, -0.15) is 5.10 Å². The molecule has 7 nitrogen and oxygen atoms in total. The number of aromatic nitrogens is 2. The van der Waals surface area contributed by atoms with Crippen molar-refractivity contribution in [1.29, 1.82) is 0 Å². The molecule has 0 spiro atoms. The molecule has 1 atom stereocenters. The first-order chi connectivity index (χ1) is 15.0. The Morgan fingerprint density at radius 2 is 1.61 bits per heavy atom. The lowest BCUT2D eigenvalue weighted by molar-refractivity contribution is 0.0510. The zero-order chi connectivity index (χ0) is 22.4. The van der Waals surface area contributed by atoms with Crippen molar-refractivity contribution in [1.82, 2.24) is 9.78 Å². The average molecular weight is 422 g/mol. The molecular formula is C24H26N2O5. The first-order valence-electron chi connectivity index (χ1n) is 10.1. The fourth-order valence-electron chi connectivity index (χ4n) is 3.17. The number of nitrogens with zero attached hydrogens (tertiary/aromatic N) is 2. The standard InChI is InChI=1S/C24H26N2O5/c1-5-16(2)31-15-17-11-9-10-14-19(17)21-20(23(27)29-3)22(24(28)30-4)26(25-21)18-12-7-6-8-13-18/h6-14,16H,5,15H2,1-4H3. The molecule has 1 aromatic heterocycles. The molecule has 0 saturated heterocycles. The minimum Gasteiger partial charge on any atom is -0.465 e. The largest absolute Gasteiger partial charge is 0.465 e. The zero-order valence-corrected chi connectivity index (χ0v) is 18.1. The lowest BCUT2D eigenvalue weighted by atomic mass is 10.0. The van der Waals surface area contributed by atoms with E-state index in [2.05, 4.69) is 12.0 Å². The quantitative estimate of drug-likeness (QED) is 0.500. The molecule has 0 amide bonds. The zero-order valence-electron chi connectivity index (χ0n) is 18.1. The predicted molar refractivity (Wildman–Crippen MR) is 116 cm³/mol. The lowest BCUT2D eigenvalue weighted by Crippen LogP contribution is -2.15. The number of carbonyl (C=O) groups is 2. The van der Waals surface area contributed by atoms with Gasteiger partial charge in [0, 0.05) is 5.56 Å². The summed E-state index contributed by atoms with van der Waals surface area (Å²) in [5.41, 5.74) is 2.54. The summed E-state index contributed by atoms with van der Waals surface area (Å²) in [4.78, 5) is 25.5. The van der Waals surface area contributed by atoms with Crippen molar-refractivity contribution in [3.05, 3.63) is 71.4 Å². The first-order valence-corrected chi connectivity index (χ1v) is 10.1. The van der Waals surface area contributed by atoms with Crippen molar-refractivity contribution in [2.24, 2.45) is 0 Å². The number of benzene rings is 2. The van der Waals surface area contributed by atoms with Crippen LogP contribution in [0.5, 0.6) is 0 Å². The molecule has 0 aliphatic carbocycles. The summed E-state index contributed by atoms with van der Waals surface area (Å²) in [5, 5.41) is 4.66. The Morgan fingerprint density at radius 3 is 2.26 bits per heavy atom. The monoisotopic (exact) mass is 422 g/mol. The summed E-state index contributed by atoms with van der Waals surface area (Å²) in [6.07, 6.45) is 0.964. The molecule has 0 N–H and O–H groups in total. The summed E-state index contributed by atoms with van der Waals surface area (Å²) >= 11 is 0. The predicted octanol–water partition coefficient (Wildman–Crippen LogP) is 4.43. The van der Waals surface area contributed by atoms with E-state index in [0.717, 1.165) is 12.0 Å². The van der Waals surface area contributed by atoms with Crippen LogP contribution in [0.25, 0.3) is 16.9 Å². The molecule has 31 heavy (non-hydrogen) atoms. The number of para-hydroxylation sites is 1. The van der Waals surface area contributed by atoms with Crippen molar-refractivity contribution in [2.45, 2.75) is 33.0 Å². The third-order valence-electron chi connectivity index (χ3n) is 5.03. The van der Waals surface area contributed by atoms with E-state index in [1.54, 1.807) is 12.1 Å². The number of esters is 2. The second-order valence-electron chi connectivity index (χ2n) is 6.99. The summed E-state index contributed by atoms with van der Waals surface area (Å²) in [6, 6.07) is 16.6. The van der Waals surface area contributed by atoms with Gasteiger partial charge in [0.2, 0.25) is 0 Å². The number of rotatable bonds is 8. The first kappa shape index (κ1) is 22.2. The molecule has 0 bridgehead atoms. The van der Waals surface area contributed by atoms with Gasteiger partial charge in [0.25, 0.3) is 0 Å². The number of methoxy groups -OCH3 is 2. The Hall–Kier alpha value is -3.45. The van der Waals surface area contributed by atoms with E-state index in [-0.39, 0.29) is 17.4 Å². The molecule has 0 aliphatic rings. The van der Waals surface area contributed by atoms with Gasteiger partial charge in [0.15, 0.2) is 5.69 Å². The molecule has 162 valence electrons. The van der Waals surface area contributed by atoms with Gasteiger partial charge in [0.1, 0.15) is 11.3 Å². The van der Waals surface area contributed by atoms with Gasteiger partial charge in [-0.1, -0.05) is 49.4 Å². The van der Waals surface area contributed by atoms with Crippen molar-refractivity contribution < 1.29 is 23.8 Å². The maximum absolute atomic E-state index is 12.8. The molecule has 0 radical (unpaired) electrons. The van der Waals surface area contributed by atoms with Crippen LogP contribution in [0.3, 0.4) is 0 Å². The minimum absolute atomic E-state index is 0.00759. The van der Waals surface area contributed by atoms with Crippen molar-refractivity contribution in [3.8, 4) is 16.9 Å². The van der Waals surface area contributed by atoms with Gasteiger partial charge in [-0.15, -0.1) is 0 Å². The van der Waals surface area contributed by atoms with Crippen LogP contribution in [0.15, 0.2) is 54.6 Å². The van der Waals surface area contributed by atoms with E-state index in [9.17, 15) is 9.59 Å². The van der Waals surface area contributed by atoms with Gasteiger partial charge in [-0.3, -0.25) is 0 Å². The topological polar surface area (TPSA) is 79.7 Å². The van der Waals surface area contributed by atoms with E-state index in [1.807, 2.05) is 49.4 Å². The highest BCUT2D eigenvalue weighted by molar-refractivity contribution is 6.07. The molecule has 7 heteroatoms. The second kappa shape index (κ2) is 10.0. The SMILES string of the molecule is CCC(C)OCc1ccccc1-c1nn(-c2ccccc2)c(C(=O)OC)c1C(=O)OC. The third-order valence-corrected chi connectivity index (χ3v) is 5.03. The van der Waals surface area contributed by atoms with Gasteiger partial charge >= 0.3 is 11.9 Å². The number of carbonyl (C=O) groups excluding carboxylic acids is 2. The van der Waals surface area contributed by atoms with Crippen molar-refractivity contribution in [3.63, 3.8) is 0 Å². The Balaban J connectivity index is 2.25. The number of ether oxygens (including phenoxy) is 3. The molecular weight excluding hydrogens is 396 g/mol. The van der Waals surface area contributed by atoms with Crippen LogP contribution in [0.2, 0.25) is 0 Å². The van der Waals surface area contributed by atoms with Crippen LogP contribution in [0.4, 0.5) is 0 Å². The van der Waals surface area contributed by atoms with Gasteiger partial charge in [-0.25, -0.2) is 14.3 Å². The second-order valence-corrected chi connectivity index (χ2v) is 6.99. The smallest absolute Gasteiger partial charge is 0.357 e. The Labute approximate surface area is 181 Å². The van der Waals surface area contributed by atoms with E-state index in [1.165, 1.54) is 18.9 Å². The Morgan fingerprint density at radius 1 is 0.968 bits per heavy atom. The van der Waals surface area contributed by atoms with Gasteiger partial charge in [-0.05, 0) is 31.0 Å². The molecule has 3 aromatic rings. The fourth-order valence-corrected chi connectivity index (χ4v) is 3.17. The molecule has 3 rings (SSSR count). The summed E-state index contributed by atoms with van der Waals surface area (Å²) in [6.45, 7) is 4.40. The van der Waals surface area contributed by atoms with E-state index < -0.39 is 11.9 Å². The highest BCUT2D eigenvalue weighted by atomic mass is 16.5. The van der Waals surface area contributed by atoms with Crippen LogP contribution >= 0.6 is 0 Å². The Bertz CT molecular complexity index is 1060. The molecule has 0 fully saturated rings. The van der Waals surface area contributed by atoms with E-state index in [4.69, 9.17) is 14.2 Å². The fraction of sp³-hybridized carbons (Fsp3) is 0.292. The summed E-state index contributed by atoms with van der Waals surface area (Å²) in [7, 11) is 2.53. The molecule has 1 heterocycles.